The maximum Gasteiger partial charge on any atom is 0.316 e. The van der Waals surface area contributed by atoms with Crippen molar-refractivity contribution in [3.8, 4) is 0 Å². The second-order valence-corrected chi connectivity index (χ2v) is 7.70. The predicted molar refractivity (Wildman–Crippen MR) is 95.0 cm³/mol. The lowest BCUT2D eigenvalue weighted by Crippen LogP contribution is -2.45. The van der Waals surface area contributed by atoms with Gasteiger partial charge in [0.1, 0.15) is 0 Å². The van der Waals surface area contributed by atoms with Crippen LogP contribution in [0.5, 0.6) is 0 Å². The zero-order valence-corrected chi connectivity index (χ0v) is 15.4. The Balaban J connectivity index is 1.91. The number of hydrogen-bond acceptors (Lipinski definition) is 4. The summed E-state index contributed by atoms with van der Waals surface area (Å²) in [5.41, 5.74) is 4.11. The van der Waals surface area contributed by atoms with E-state index in [2.05, 4.69) is 31.2 Å². The van der Waals surface area contributed by atoms with E-state index in [0.29, 0.717) is 12.8 Å². The van der Waals surface area contributed by atoms with Crippen LogP contribution in [0.2, 0.25) is 0 Å². The molecule has 4 nitrogen and oxygen atoms in total. The number of esters is 1. The molecule has 3 atom stereocenters. The number of fused-ring (bicyclic) bond motifs is 3. The van der Waals surface area contributed by atoms with Gasteiger partial charge in [-0.05, 0) is 68.4 Å². The Labute approximate surface area is 149 Å². The molecule has 3 aliphatic rings. The smallest absolute Gasteiger partial charge is 0.316 e. The van der Waals surface area contributed by atoms with Gasteiger partial charge in [-0.15, -0.1) is 0 Å². The largest absolute Gasteiger partial charge is 0.468 e. The molecule has 3 unspecified atom stereocenters. The molecular weight excluding hydrogens is 316 g/mol. The van der Waals surface area contributed by atoms with Crippen LogP contribution in [0.15, 0.2) is 24.3 Å². The molecule has 4 heteroatoms. The van der Waals surface area contributed by atoms with Crippen LogP contribution in [0.1, 0.15) is 49.8 Å². The van der Waals surface area contributed by atoms with E-state index in [1.807, 2.05) is 13.8 Å². The van der Waals surface area contributed by atoms with Crippen LogP contribution < -0.4 is 0 Å². The number of aryl methyl sites for hydroxylation is 2. The highest BCUT2D eigenvalue weighted by Crippen LogP contribution is 2.56. The fourth-order valence-corrected chi connectivity index (χ4v) is 4.74. The summed E-state index contributed by atoms with van der Waals surface area (Å²) in [4.78, 5) is 12.8. The number of methoxy groups -OCH3 is 1. The van der Waals surface area contributed by atoms with Crippen LogP contribution in [0.4, 0.5) is 0 Å². The Hall–Kier alpha value is -1.65. The summed E-state index contributed by atoms with van der Waals surface area (Å²) in [5.74, 6) is -0.857. The number of carbonyl (C=O) groups excluding carboxylic acids is 1. The van der Waals surface area contributed by atoms with Crippen LogP contribution in [-0.4, -0.2) is 31.1 Å². The van der Waals surface area contributed by atoms with Gasteiger partial charge in [0.2, 0.25) is 0 Å². The topological polar surface area (TPSA) is 44.8 Å². The van der Waals surface area contributed by atoms with Gasteiger partial charge in [0, 0.05) is 6.42 Å². The Morgan fingerprint density at radius 3 is 2.56 bits per heavy atom. The first-order valence-corrected chi connectivity index (χ1v) is 9.17. The molecule has 1 fully saturated rings. The number of benzene rings is 1. The number of rotatable bonds is 1. The maximum absolute atomic E-state index is 12.8. The van der Waals surface area contributed by atoms with Gasteiger partial charge in [-0.3, -0.25) is 4.79 Å². The molecule has 1 spiro atoms. The highest BCUT2D eigenvalue weighted by molar-refractivity contribution is 5.96. The fourth-order valence-electron chi connectivity index (χ4n) is 4.74. The molecule has 1 heterocycles. The first-order chi connectivity index (χ1) is 11.9. The minimum atomic E-state index is -0.720. The van der Waals surface area contributed by atoms with Crippen LogP contribution in [-0.2, 0) is 25.4 Å². The van der Waals surface area contributed by atoms with Gasteiger partial charge in [-0.25, -0.2) is 0 Å². The highest BCUT2D eigenvalue weighted by atomic mass is 16.8. The molecule has 4 rings (SSSR count). The summed E-state index contributed by atoms with van der Waals surface area (Å²) >= 11 is 0. The third kappa shape index (κ3) is 2.38. The second-order valence-electron chi connectivity index (χ2n) is 7.70. The minimum absolute atomic E-state index is 0.0439. The number of hydrogen-bond donors (Lipinski definition) is 0. The molecule has 1 aliphatic heterocycles. The van der Waals surface area contributed by atoms with E-state index < -0.39 is 11.2 Å². The van der Waals surface area contributed by atoms with E-state index in [4.69, 9.17) is 14.2 Å². The fraction of sp³-hybridized carbons (Fsp3) is 0.571. The second kappa shape index (κ2) is 5.68. The van der Waals surface area contributed by atoms with Crippen LogP contribution >= 0.6 is 0 Å². The third-order valence-electron chi connectivity index (χ3n) is 6.24. The Morgan fingerprint density at radius 1 is 1.16 bits per heavy atom. The summed E-state index contributed by atoms with van der Waals surface area (Å²) in [6.07, 6.45) is 5.22. The zero-order chi connectivity index (χ0) is 17.8. The Kier molecular flexibility index (Phi) is 3.82. The predicted octanol–water partition coefficient (Wildman–Crippen LogP) is 3.80. The van der Waals surface area contributed by atoms with Gasteiger partial charge in [0.15, 0.2) is 5.79 Å². The molecule has 0 amide bonds. The molecule has 0 bridgehead atoms. The zero-order valence-electron chi connectivity index (χ0n) is 15.4. The molecule has 0 aromatic heterocycles. The Bertz CT molecular complexity index is 740. The van der Waals surface area contributed by atoms with Crippen molar-refractivity contribution in [2.24, 2.45) is 5.41 Å². The van der Waals surface area contributed by atoms with Gasteiger partial charge < -0.3 is 14.2 Å². The Morgan fingerprint density at radius 2 is 1.88 bits per heavy atom. The molecular formula is C21H26O4. The van der Waals surface area contributed by atoms with Crippen molar-refractivity contribution >= 4 is 11.5 Å². The van der Waals surface area contributed by atoms with E-state index in [9.17, 15) is 4.79 Å². The lowest BCUT2D eigenvalue weighted by molar-refractivity contribution is -0.161. The highest BCUT2D eigenvalue weighted by Gasteiger charge is 2.55. The molecule has 0 N–H and O–H groups in total. The van der Waals surface area contributed by atoms with E-state index in [-0.39, 0.29) is 18.2 Å². The number of ether oxygens (including phenoxy) is 3. The molecule has 2 aliphatic carbocycles. The molecule has 1 aromatic rings. The van der Waals surface area contributed by atoms with Crippen molar-refractivity contribution in [2.45, 2.75) is 64.4 Å². The number of carbonyl (C=O) groups is 1. The van der Waals surface area contributed by atoms with Gasteiger partial charge in [0.25, 0.3) is 0 Å². The minimum Gasteiger partial charge on any atom is -0.468 e. The standard InChI is InChI=1S/C21H26O4/c1-13-6-5-7-16-8-9-20(19(22)23-4)10-11-21(12-17(20)18(13)16)24-14(2)15(3)25-21/h5-7,12,14-15H,8-11H2,1-4H3. The van der Waals surface area contributed by atoms with Crippen molar-refractivity contribution in [3.05, 3.63) is 41.0 Å². The molecule has 0 saturated carbocycles. The monoisotopic (exact) mass is 342 g/mol. The summed E-state index contributed by atoms with van der Waals surface area (Å²) < 4.78 is 17.7. The van der Waals surface area contributed by atoms with E-state index in [0.717, 1.165) is 18.4 Å². The van der Waals surface area contributed by atoms with E-state index in [1.54, 1.807) is 0 Å². The first kappa shape index (κ1) is 16.8. The summed E-state index contributed by atoms with van der Waals surface area (Å²) in [6.45, 7) is 6.19. The lowest BCUT2D eigenvalue weighted by Gasteiger charge is -2.45. The third-order valence-corrected chi connectivity index (χ3v) is 6.24. The van der Waals surface area contributed by atoms with Gasteiger partial charge in [0.05, 0.1) is 24.7 Å². The quantitative estimate of drug-likeness (QED) is 0.728. The van der Waals surface area contributed by atoms with Crippen LogP contribution in [0, 0.1) is 12.3 Å². The molecule has 134 valence electrons. The molecule has 0 radical (unpaired) electrons. The summed E-state index contributed by atoms with van der Waals surface area (Å²) in [7, 11) is 1.49. The molecule has 25 heavy (non-hydrogen) atoms. The van der Waals surface area contributed by atoms with Crippen LogP contribution in [0.3, 0.4) is 0 Å². The van der Waals surface area contributed by atoms with Gasteiger partial charge in [-0.1, -0.05) is 18.2 Å². The lowest BCUT2D eigenvalue weighted by atomic mass is 9.61. The van der Waals surface area contributed by atoms with Crippen molar-refractivity contribution in [1.29, 1.82) is 0 Å². The summed E-state index contributed by atoms with van der Waals surface area (Å²) in [5, 5.41) is 0. The van der Waals surface area contributed by atoms with E-state index in [1.165, 1.54) is 23.8 Å². The van der Waals surface area contributed by atoms with Gasteiger partial charge >= 0.3 is 5.97 Å². The average Bonchev–Trinajstić information content (AvgIpc) is 2.87. The van der Waals surface area contributed by atoms with Gasteiger partial charge in [-0.2, -0.15) is 0 Å². The maximum atomic E-state index is 12.8. The average molecular weight is 342 g/mol. The van der Waals surface area contributed by atoms with Crippen molar-refractivity contribution in [2.75, 3.05) is 7.11 Å². The molecule has 1 aromatic carbocycles. The summed E-state index contributed by atoms with van der Waals surface area (Å²) in [6, 6.07) is 6.36. The SMILES string of the molecule is COC(=O)C12CCc3cccc(C)c3C1=CC1(CC2)OC(C)C(C)O1. The van der Waals surface area contributed by atoms with Crippen molar-refractivity contribution < 1.29 is 19.0 Å². The first-order valence-electron chi connectivity index (χ1n) is 9.17. The van der Waals surface area contributed by atoms with Crippen LogP contribution in [0.25, 0.3) is 5.57 Å². The van der Waals surface area contributed by atoms with Crippen molar-refractivity contribution in [1.82, 2.24) is 0 Å². The normalized spacial score (nSPS) is 36.6. The van der Waals surface area contributed by atoms with E-state index >= 15 is 0 Å². The van der Waals surface area contributed by atoms with Crippen molar-refractivity contribution in [3.63, 3.8) is 0 Å². The molecule has 1 saturated heterocycles.